The van der Waals surface area contributed by atoms with Crippen LogP contribution >= 0.6 is 0 Å². The summed E-state index contributed by atoms with van der Waals surface area (Å²) in [6.45, 7) is 0.823. The molecule has 0 aliphatic heterocycles. The lowest BCUT2D eigenvalue weighted by Crippen LogP contribution is -2.56. The van der Waals surface area contributed by atoms with Crippen LogP contribution in [0.2, 0.25) is 0 Å². The smallest absolute Gasteiger partial charge is 0.268 e. The number of carbonyl (C=O) groups excluding carboxylic acids is 1. The van der Waals surface area contributed by atoms with Crippen LogP contribution in [0.1, 0.15) is 39.0 Å². The predicted molar refractivity (Wildman–Crippen MR) is 68.7 cm³/mol. The van der Waals surface area contributed by atoms with Crippen LogP contribution in [0.25, 0.3) is 0 Å². The van der Waals surface area contributed by atoms with Gasteiger partial charge in [-0.05, 0) is 38.0 Å². The molecule has 3 nitrogen and oxygen atoms in total. The molecule has 4 aliphatic rings. The number of hydrogen-bond donors (Lipinski definition) is 0. The number of rotatable bonds is 6. The van der Waals surface area contributed by atoms with Crippen LogP contribution < -0.4 is 0 Å². The van der Waals surface area contributed by atoms with E-state index in [-0.39, 0.29) is 24.0 Å². The van der Waals surface area contributed by atoms with Crippen LogP contribution in [0.5, 0.6) is 0 Å². The van der Waals surface area contributed by atoms with E-state index in [1.807, 2.05) is 0 Å². The molecule has 4 bridgehead atoms. The molecule has 0 aromatic carbocycles. The number of ether oxygens (including phenoxy) is 2. The summed E-state index contributed by atoms with van der Waals surface area (Å²) in [5.41, 5.74) is -0.178. The number of carbonyl (C=O) groups is 1. The van der Waals surface area contributed by atoms with E-state index in [1.54, 1.807) is 0 Å². The number of Topliss-reactive ketones (excluding diaryl/α,β-unsaturated/α-hetero) is 1. The molecule has 0 heterocycles. The van der Waals surface area contributed by atoms with E-state index in [0.717, 1.165) is 39.0 Å². The van der Waals surface area contributed by atoms with Gasteiger partial charge in [-0.1, -0.05) is 0 Å². The van der Waals surface area contributed by atoms with Gasteiger partial charge in [-0.2, -0.15) is 0 Å². The second kappa shape index (κ2) is 5.02. The van der Waals surface area contributed by atoms with Crippen molar-refractivity contribution in [3.8, 4) is 0 Å². The average molecular weight is 288 g/mol. The van der Waals surface area contributed by atoms with Crippen molar-refractivity contribution in [2.45, 2.75) is 50.6 Å². The molecule has 4 aliphatic carbocycles. The quantitative estimate of drug-likeness (QED) is 0.705. The Balaban J connectivity index is 1.47. The van der Waals surface area contributed by atoms with Crippen LogP contribution in [-0.4, -0.2) is 37.1 Å². The standard InChI is InChI=1S/C15H22F2O3/c1-14(16,17)9-19-2-3-20-15-6-10-4-11(7-15)13(18)12(5-10)8-15/h10-12H,2-9H2,1H3. The van der Waals surface area contributed by atoms with Crippen molar-refractivity contribution in [2.24, 2.45) is 17.8 Å². The minimum absolute atomic E-state index is 0.178. The van der Waals surface area contributed by atoms with Crippen molar-refractivity contribution in [1.82, 2.24) is 0 Å². The number of ketones is 1. The minimum atomic E-state index is -2.78. The Hall–Kier alpha value is -0.550. The molecule has 4 rings (SSSR count). The van der Waals surface area contributed by atoms with Crippen molar-refractivity contribution >= 4 is 5.78 Å². The van der Waals surface area contributed by atoms with E-state index in [4.69, 9.17) is 9.47 Å². The zero-order chi connectivity index (χ0) is 14.4. The molecule has 114 valence electrons. The van der Waals surface area contributed by atoms with Gasteiger partial charge in [-0.3, -0.25) is 4.79 Å². The van der Waals surface area contributed by atoms with Crippen LogP contribution in [0.3, 0.4) is 0 Å². The van der Waals surface area contributed by atoms with Crippen molar-refractivity contribution in [2.75, 3.05) is 19.8 Å². The summed E-state index contributed by atoms with van der Waals surface area (Å²) in [5, 5.41) is 0. The van der Waals surface area contributed by atoms with Gasteiger partial charge < -0.3 is 9.47 Å². The van der Waals surface area contributed by atoms with Gasteiger partial charge in [-0.25, -0.2) is 8.78 Å². The molecule has 4 saturated carbocycles. The van der Waals surface area contributed by atoms with Crippen molar-refractivity contribution in [3.63, 3.8) is 0 Å². The first-order valence-corrected chi connectivity index (χ1v) is 7.50. The Morgan fingerprint density at radius 1 is 1.20 bits per heavy atom. The fourth-order valence-electron chi connectivity index (χ4n) is 4.42. The van der Waals surface area contributed by atoms with Crippen LogP contribution in [0.4, 0.5) is 8.78 Å². The SMILES string of the molecule is CC(F)(F)COCCOC12CC3CC(C1)C(=O)C(C3)C2. The van der Waals surface area contributed by atoms with E-state index < -0.39 is 12.5 Å². The maximum absolute atomic E-state index is 12.6. The average Bonchev–Trinajstić information content (AvgIpc) is 2.33. The number of hydrogen-bond acceptors (Lipinski definition) is 3. The zero-order valence-electron chi connectivity index (χ0n) is 11.9. The maximum Gasteiger partial charge on any atom is 0.268 e. The van der Waals surface area contributed by atoms with Gasteiger partial charge in [0.1, 0.15) is 12.4 Å². The second-order valence-electron chi connectivity index (χ2n) is 6.90. The Morgan fingerprint density at radius 3 is 2.45 bits per heavy atom. The fraction of sp³-hybridized carbons (Fsp3) is 0.933. The first-order chi connectivity index (χ1) is 9.37. The molecule has 0 N–H and O–H groups in total. The maximum atomic E-state index is 12.6. The molecule has 0 aromatic rings. The molecule has 0 radical (unpaired) electrons. The lowest BCUT2D eigenvalue weighted by Gasteiger charge is -2.55. The molecule has 0 amide bonds. The molecule has 2 atom stereocenters. The van der Waals surface area contributed by atoms with Gasteiger partial charge in [-0.15, -0.1) is 0 Å². The van der Waals surface area contributed by atoms with E-state index in [2.05, 4.69) is 0 Å². The molecule has 0 aromatic heterocycles. The van der Waals surface area contributed by atoms with E-state index in [0.29, 0.717) is 18.3 Å². The Morgan fingerprint density at radius 2 is 1.85 bits per heavy atom. The van der Waals surface area contributed by atoms with E-state index in [9.17, 15) is 13.6 Å². The van der Waals surface area contributed by atoms with Gasteiger partial charge in [0.05, 0.1) is 18.8 Å². The number of halogens is 2. The molecule has 0 spiro atoms. The van der Waals surface area contributed by atoms with E-state index >= 15 is 0 Å². The third-order valence-corrected chi connectivity index (χ3v) is 4.93. The van der Waals surface area contributed by atoms with Gasteiger partial charge in [0.2, 0.25) is 0 Å². The van der Waals surface area contributed by atoms with Gasteiger partial charge in [0.15, 0.2) is 0 Å². The highest BCUT2D eigenvalue weighted by Gasteiger charge is 2.55. The predicted octanol–water partition coefficient (Wildman–Crippen LogP) is 2.82. The monoisotopic (exact) mass is 288 g/mol. The summed E-state index contributed by atoms with van der Waals surface area (Å²) in [6, 6.07) is 0. The summed E-state index contributed by atoms with van der Waals surface area (Å²) in [6.07, 6.45) is 4.72. The highest BCUT2D eigenvalue weighted by Crippen LogP contribution is 2.55. The third kappa shape index (κ3) is 2.89. The topological polar surface area (TPSA) is 35.5 Å². The minimum Gasteiger partial charge on any atom is -0.373 e. The highest BCUT2D eigenvalue weighted by atomic mass is 19.3. The van der Waals surface area contributed by atoms with Gasteiger partial charge in [0.25, 0.3) is 5.92 Å². The summed E-state index contributed by atoms with van der Waals surface area (Å²) in [7, 11) is 0. The number of alkyl halides is 2. The molecule has 2 unspecified atom stereocenters. The normalized spacial score (nSPS) is 39.5. The van der Waals surface area contributed by atoms with Gasteiger partial charge in [0, 0.05) is 18.8 Å². The highest BCUT2D eigenvalue weighted by molar-refractivity contribution is 5.85. The van der Waals surface area contributed by atoms with Crippen molar-refractivity contribution < 1.29 is 23.0 Å². The van der Waals surface area contributed by atoms with Crippen LogP contribution in [0.15, 0.2) is 0 Å². The Kier molecular flexibility index (Phi) is 3.61. The zero-order valence-corrected chi connectivity index (χ0v) is 11.9. The summed E-state index contributed by atoms with van der Waals surface area (Å²) in [4.78, 5) is 12.0. The molecule has 20 heavy (non-hydrogen) atoms. The molecular weight excluding hydrogens is 266 g/mol. The lowest BCUT2D eigenvalue weighted by atomic mass is 9.53. The molecule has 4 fully saturated rings. The Labute approximate surface area is 118 Å². The molecule has 5 heteroatoms. The first kappa shape index (κ1) is 14.4. The van der Waals surface area contributed by atoms with Crippen molar-refractivity contribution in [3.05, 3.63) is 0 Å². The Bertz CT molecular complexity index is 373. The van der Waals surface area contributed by atoms with Gasteiger partial charge >= 0.3 is 0 Å². The van der Waals surface area contributed by atoms with Crippen LogP contribution in [-0.2, 0) is 14.3 Å². The third-order valence-electron chi connectivity index (χ3n) is 4.93. The second-order valence-corrected chi connectivity index (χ2v) is 6.90. The van der Waals surface area contributed by atoms with Crippen LogP contribution in [0, 0.1) is 17.8 Å². The first-order valence-electron chi connectivity index (χ1n) is 7.50. The fourth-order valence-corrected chi connectivity index (χ4v) is 4.42. The van der Waals surface area contributed by atoms with Crippen molar-refractivity contribution in [1.29, 1.82) is 0 Å². The largest absolute Gasteiger partial charge is 0.373 e. The summed E-state index contributed by atoms with van der Waals surface area (Å²) >= 11 is 0. The summed E-state index contributed by atoms with van der Waals surface area (Å²) in [5.74, 6) is -1.37. The molecule has 0 saturated heterocycles. The van der Waals surface area contributed by atoms with E-state index in [1.165, 1.54) is 0 Å². The lowest BCUT2D eigenvalue weighted by molar-refractivity contribution is -0.181. The summed E-state index contributed by atoms with van der Waals surface area (Å²) < 4.78 is 36.1. The molecular formula is C15H22F2O3.